The number of non-ortho nitro benzene ring substituents is 1. The molecule has 0 aliphatic rings. The molecular formula is C10H13F2N3O4S. The lowest BCUT2D eigenvalue weighted by atomic mass is 10.1. The number of nitrogens with one attached hydrogen (secondary N) is 2. The van der Waals surface area contributed by atoms with Crippen molar-refractivity contribution < 1.29 is 22.1 Å². The van der Waals surface area contributed by atoms with Crippen LogP contribution in [0.3, 0.4) is 0 Å². The molecule has 0 saturated heterocycles. The topological polar surface area (TPSA) is 101 Å². The molecule has 1 aromatic carbocycles. The molecule has 10 heteroatoms. The normalized spacial score (nSPS) is 11.6. The maximum absolute atomic E-state index is 12.8. The first-order valence-electron chi connectivity index (χ1n) is 5.48. The summed E-state index contributed by atoms with van der Waals surface area (Å²) in [6, 6.07) is 2.96. The minimum atomic E-state index is -3.45. The Labute approximate surface area is 114 Å². The average molecular weight is 309 g/mol. The number of nitro groups is 1. The molecule has 1 aromatic rings. The maximum Gasteiger partial charge on any atom is 0.270 e. The highest BCUT2D eigenvalue weighted by Gasteiger charge is 2.18. The van der Waals surface area contributed by atoms with E-state index >= 15 is 0 Å². The van der Waals surface area contributed by atoms with Crippen molar-refractivity contribution >= 4 is 21.4 Å². The molecule has 0 spiro atoms. The van der Waals surface area contributed by atoms with Gasteiger partial charge in [0.25, 0.3) is 12.1 Å². The van der Waals surface area contributed by atoms with Gasteiger partial charge in [-0.05, 0) is 13.1 Å². The van der Waals surface area contributed by atoms with Crippen molar-refractivity contribution in [2.24, 2.45) is 0 Å². The molecule has 0 unspecified atom stereocenters. The highest BCUT2D eigenvalue weighted by Crippen LogP contribution is 2.30. The van der Waals surface area contributed by atoms with Gasteiger partial charge >= 0.3 is 0 Å². The van der Waals surface area contributed by atoms with Crippen LogP contribution in [-0.2, 0) is 10.0 Å². The van der Waals surface area contributed by atoms with Gasteiger partial charge in [0.1, 0.15) is 0 Å². The summed E-state index contributed by atoms with van der Waals surface area (Å²) in [4.78, 5) is 9.75. The van der Waals surface area contributed by atoms with Crippen LogP contribution in [0.25, 0.3) is 0 Å². The SMILES string of the molecule is CNS(=O)(=O)CCNc1ccc([N+](=O)[O-])cc1C(F)F. The molecular weight excluding hydrogens is 296 g/mol. The zero-order valence-electron chi connectivity index (χ0n) is 10.5. The van der Waals surface area contributed by atoms with Crippen LogP contribution in [0, 0.1) is 10.1 Å². The first-order valence-corrected chi connectivity index (χ1v) is 7.13. The summed E-state index contributed by atoms with van der Waals surface area (Å²) in [6.07, 6.45) is -2.90. The van der Waals surface area contributed by atoms with Crippen LogP contribution in [-0.4, -0.2) is 32.7 Å². The summed E-state index contributed by atoms with van der Waals surface area (Å²) in [7, 11) is -2.21. The zero-order valence-corrected chi connectivity index (χ0v) is 11.3. The molecule has 112 valence electrons. The second kappa shape index (κ2) is 6.57. The van der Waals surface area contributed by atoms with Crippen molar-refractivity contribution in [3.63, 3.8) is 0 Å². The summed E-state index contributed by atoms with van der Waals surface area (Å²) >= 11 is 0. The Bertz CT molecular complexity index is 592. The van der Waals surface area contributed by atoms with Crippen LogP contribution >= 0.6 is 0 Å². The van der Waals surface area contributed by atoms with Gasteiger partial charge in [-0.15, -0.1) is 0 Å². The van der Waals surface area contributed by atoms with Gasteiger partial charge in [0, 0.05) is 29.9 Å². The van der Waals surface area contributed by atoms with Crippen LogP contribution in [0.4, 0.5) is 20.2 Å². The Kier molecular flexibility index (Phi) is 5.34. The minimum Gasteiger partial charge on any atom is -0.384 e. The number of nitrogens with zero attached hydrogens (tertiary/aromatic N) is 1. The van der Waals surface area contributed by atoms with Crippen molar-refractivity contribution in [2.75, 3.05) is 24.7 Å². The number of sulfonamides is 1. The Morgan fingerprint density at radius 3 is 2.55 bits per heavy atom. The van der Waals surface area contributed by atoms with Gasteiger partial charge in [0.2, 0.25) is 10.0 Å². The molecule has 0 amide bonds. The predicted octanol–water partition coefficient (Wildman–Crippen LogP) is 1.49. The smallest absolute Gasteiger partial charge is 0.270 e. The number of nitro benzene ring substituents is 1. The molecule has 0 heterocycles. The van der Waals surface area contributed by atoms with E-state index in [9.17, 15) is 27.3 Å². The zero-order chi connectivity index (χ0) is 15.3. The fourth-order valence-electron chi connectivity index (χ4n) is 1.43. The molecule has 20 heavy (non-hydrogen) atoms. The Morgan fingerprint density at radius 1 is 1.40 bits per heavy atom. The first kappa shape index (κ1) is 16.2. The van der Waals surface area contributed by atoms with Crippen molar-refractivity contribution in [2.45, 2.75) is 6.43 Å². The third-order valence-corrected chi connectivity index (χ3v) is 3.84. The average Bonchev–Trinajstić information content (AvgIpc) is 2.38. The summed E-state index contributed by atoms with van der Waals surface area (Å²) in [5, 5.41) is 13.1. The van der Waals surface area contributed by atoms with E-state index in [1.54, 1.807) is 0 Å². The quantitative estimate of drug-likeness (QED) is 0.587. The van der Waals surface area contributed by atoms with Crippen molar-refractivity contribution in [3.8, 4) is 0 Å². The van der Waals surface area contributed by atoms with Gasteiger partial charge in [-0.1, -0.05) is 0 Å². The summed E-state index contributed by atoms with van der Waals surface area (Å²) in [5.74, 6) is -0.302. The molecule has 0 radical (unpaired) electrons. The molecule has 0 aliphatic heterocycles. The maximum atomic E-state index is 12.8. The lowest BCUT2D eigenvalue weighted by molar-refractivity contribution is -0.385. The highest BCUT2D eigenvalue weighted by atomic mass is 32.2. The fourth-order valence-corrected chi connectivity index (χ4v) is 2.00. The predicted molar refractivity (Wildman–Crippen MR) is 69.4 cm³/mol. The van der Waals surface area contributed by atoms with E-state index in [0.29, 0.717) is 0 Å². The molecule has 7 nitrogen and oxygen atoms in total. The number of hydrogen-bond donors (Lipinski definition) is 2. The largest absolute Gasteiger partial charge is 0.384 e. The van der Waals surface area contributed by atoms with Gasteiger partial charge in [-0.25, -0.2) is 21.9 Å². The molecule has 2 N–H and O–H groups in total. The second-order valence-corrected chi connectivity index (χ2v) is 5.83. The van der Waals surface area contributed by atoms with E-state index in [2.05, 4.69) is 10.0 Å². The Balaban J connectivity index is 2.87. The monoisotopic (exact) mass is 309 g/mol. The number of hydrogen-bond acceptors (Lipinski definition) is 5. The van der Waals surface area contributed by atoms with Crippen molar-refractivity contribution in [1.29, 1.82) is 0 Å². The van der Waals surface area contributed by atoms with Gasteiger partial charge < -0.3 is 5.32 Å². The van der Waals surface area contributed by atoms with Gasteiger partial charge in [0.15, 0.2) is 0 Å². The van der Waals surface area contributed by atoms with E-state index in [0.717, 1.165) is 18.2 Å². The molecule has 0 saturated carbocycles. The van der Waals surface area contributed by atoms with Crippen LogP contribution in [0.2, 0.25) is 0 Å². The standard InChI is InChI=1S/C10H13F2N3O4S/c1-13-20(18,19)5-4-14-9-3-2-7(15(16)17)6-8(9)10(11)12/h2-3,6,10,13-14H,4-5H2,1H3. The lowest BCUT2D eigenvalue weighted by Crippen LogP contribution is -2.26. The number of alkyl halides is 2. The highest BCUT2D eigenvalue weighted by molar-refractivity contribution is 7.89. The van der Waals surface area contributed by atoms with Crippen molar-refractivity contribution in [1.82, 2.24) is 4.72 Å². The van der Waals surface area contributed by atoms with Crippen LogP contribution in [0.15, 0.2) is 18.2 Å². The number of benzene rings is 1. The molecule has 0 fully saturated rings. The Morgan fingerprint density at radius 2 is 2.05 bits per heavy atom. The van der Waals surface area contributed by atoms with Gasteiger partial charge in [-0.3, -0.25) is 10.1 Å². The van der Waals surface area contributed by atoms with E-state index in [1.807, 2.05) is 0 Å². The van der Waals surface area contributed by atoms with Crippen LogP contribution < -0.4 is 10.0 Å². The van der Waals surface area contributed by atoms with Gasteiger partial charge in [0.05, 0.1) is 10.7 Å². The van der Waals surface area contributed by atoms with Gasteiger partial charge in [-0.2, -0.15) is 0 Å². The van der Waals surface area contributed by atoms with E-state index in [-0.39, 0.29) is 18.0 Å². The summed E-state index contributed by atoms with van der Waals surface area (Å²) in [6.45, 7) is -0.0965. The van der Waals surface area contributed by atoms with Crippen LogP contribution in [0.1, 0.15) is 12.0 Å². The molecule has 0 bridgehead atoms. The van der Waals surface area contributed by atoms with Crippen molar-refractivity contribution in [3.05, 3.63) is 33.9 Å². The molecule has 1 rings (SSSR count). The minimum absolute atomic E-state index is 0.0306. The third kappa shape index (κ3) is 4.38. The number of halogens is 2. The third-order valence-electron chi connectivity index (χ3n) is 2.48. The lowest BCUT2D eigenvalue weighted by Gasteiger charge is -2.11. The summed E-state index contributed by atoms with van der Waals surface area (Å²) < 4.78 is 50.0. The van der Waals surface area contributed by atoms with E-state index < -0.39 is 32.6 Å². The van der Waals surface area contributed by atoms with E-state index in [4.69, 9.17) is 0 Å². The molecule has 0 atom stereocenters. The molecule has 0 aromatic heterocycles. The van der Waals surface area contributed by atoms with E-state index in [1.165, 1.54) is 7.05 Å². The number of rotatable bonds is 7. The molecule has 0 aliphatic carbocycles. The first-order chi connectivity index (χ1) is 9.26. The second-order valence-electron chi connectivity index (χ2n) is 3.78. The fraction of sp³-hybridized carbons (Fsp3) is 0.400. The number of anilines is 1. The Hall–Kier alpha value is -1.81. The van der Waals surface area contributed by atoms with Crippen LogP contribution in [0.5, 0.6) is 0 Å². The summed E-state index contributed by atoms with van der Waals surface area (Å²) in [5.41, 5.74) is -1.02.